The number of hydrogen-bond acceptors (Lipinski definition) is 17. The van der Waals surface area contributed by atoms with Gasteiger partial charge in [0, 0.05) is 58.1 Å². The lowest BCUT2D eigenvalue weighted by molar-refractivity contribution is -0.306. The monoisotopic (exact) mass is 995 g/mol. The minimum absolute atomic E-state index is 0.0197. The van der Waals surface area contributed by atoms with Gasteiger partial charge >= 0.3 is 0 Å². The number of fused-ring (bicyclic) bond motifs is 4. The first kappa shape index (κ1) is 54.8. The molecular formula is C51H69N3O15S-2. The maximum atomic E-state index is 14.7. The molecule has 2 atom stereocenters. The van der Waals surface area contributed by atoms with E-state index in [2.05, 4.69) is 37.7 Å². The van der Waals surface area contributed by atoms with Gasteiger partial charge in [-0.3, -0.25) is 4.99 Å². The van der Waals surface area contributed by atoms with E-state index in [-0.39, 0.29) is 73.0 Å². The smallest absolute Gasteiger partial charge is 0.246 e. The Morgan fingerprint density at radius 3 is 1.76 bits per heavy atom. The van der Waals surface area contributed by atoms with E-state index >= 15 is 0 Å². The van der Waals surface area contributed by atoms with Crippen molar-refractivity contribution in [1.82, 2.24) is 4.72 Å². The topological polar surface area (TPSA) is 234 Å². The normalized spacial score (nSPS) is 17.6. The highest BCUT2D eigenvalue weighted by Crippen LogP contribution is 2.47. The number of rotatable bonds is 31. The minimum Gasteiger partial charge on any atom is -0.550 e. The van der Waals surface area contributed by atoms with Crippen LogP contribution in [0.2, 0.25) is 0 Å². The zero-order chi connectivity index (χ0) is 50.3. The van der Waals surface area contributed by atoms with Crippen LogP contribution in [0, 0.1) is 0 Å². The molecule has 3 heterocycles. The van der Waals surface area contributed by atoms with Gasteiger partial charge in [-0.25, -0.2) is 13.1 Å². The lowest BCUT2D eigenvalue weighted by Gasteiger charge is -2.39. The number of anilines is 1. The highest BCUT2D eigenvalue weighted by atomic mass is 32.2. The molecule has 0 saturated carbocycles. The van der Waals surface area contributed by atoms with E-state index in [1.807, 2.05) is 32.0 Å². The van der Waals surface area contributed by atoms with Crippen LogP contribution in [0.4, 0.5) is 5.69 Å². The van der Waals surface area contributed by atoms with Crippen molar-refractivity contribution in [3.05, 3.63) is 80.9 Å². The molecule has 19 heteroatoms. The van der Waals surface area contributed by atoms with E-state index in [0.717, 1.165) is 23.2 Å². The van der Waals surface area contributed by atoms with E-state index in [4.69, 9.17) is 47.6 Å². The molecule has 3 aliphatic heterocycles. The fourth-order valence-corrected chi connectivity index (χ4v) is 10.4. The van der Waals surface area contributed by atoms with Gasteiger partial charge in [-0.15, -0.1) is 0 Å². The van der Waals surface area contributed by atoms with Gasteiger partial charge in [-0.05, 0) is 81.2 Å². The first-order chi connectivity index (χ1) is 33.5. The molecule has 6 rings (SSSR count). The van der Waals surface area contributed by atoms with Crippen LogP contribution >= 0.6 is 0 Å². The van der Waals surface area contributed by atoms with Crippen LogP contribution < -0.4 is 35.6 Å². The molecule has 0 bridgehead atoms. The average Bonchev–Trinajstić information content (AvgIpc) is 3.28. The van der Waals surface area contributed by atoms with Crippen molar-refractivity contribution in [3.8, 4) is 11.5 Å². The molecule has 386 valence electrons. The Morgan fingerprint density at radius 1 is 0.700 bits per heavy atom. The van der Waals surface area contributed by atoms with Crippen molar-refractivity contribution in [2.45, 2.75) is 88.6 Å². The first-order valence-electron chi connectivity index (χ1n) is 24.1. The number of aliphatic carboxylic acids is 1. The van der Waals surface area contributed by atoms with Crippen molar-refractivity contribution in [2.24, 2.45) is 4.99 Å². The SMILES string of the molecule is CC1CC(C)(C)Nc2cc3c(cc21)C(c1ccccc1C(=O)[O-])=c1cc2c(c(S(=O)(=O)NCCOCCOCCOCCOCCOCCOCCOCCOCCC(=O)[O-])c1O3)=NC(C)(C)CC2C. The summed E-state index contributed by atoms with van der Waals surface area (Å²) in [5, 5.41) is 27.4. The van der Waals surface area contributed by atoms with Gasteiger partial charge in [-0.1, -0.05) is 38.1 Å². The number of carbonyl (C=O) groups is 2. The molecule has 0 saturated heterocycles. The third-order valence-corrected chi connectivity index (χ3v) is 13.5. The Balaban J connectivity index is 0.985. The highest BCUT2D eigenvalue weighted by Gasteiger charge is 2.38. The van der Waals surface area contributed by atoms with Gasteiger partial charge in [0.15, 0.2) is 10.6 Å². The average molecular weight is 996 g/mol. The summed E-state index contributed by atoms with van der Waals surface area (Å²) in [6.45, 7) is 17.7. The van der Waals surface area contributed by atoms with Crippen molar-refractivity contribution < 1.29 is 70.9 Å². The molecule has 0 radical (unpaired) electrons. The quantitative estimate of drug-likeness (QED) is 0.0690. The number of aromatic carboxylic acids is 1. The molecule has 3 aromatic rings. The zero-order valence-electron chi connectivity index (χ0n) is 41.3. The van der Waals surface area contributed by atoms with Crippen molar-refractivity contribution in [3.63, 3.8) is 0 Å². The summed E-state index contributed by atoms with van der Waals surface area (Å²) >= 11 is 0. The number of carboxylic acids is 2. The van der Waals surface area contributed by atoms with Gasteiger partial charge < -0.3 is 67.8 Å². The first-order valence-corrected chi connectivity index (χ1v) is 25.5. The number of carbonyl (C=O) groups excluding carboxylic acids is 2. The molecule has 0 aromatic heterocycles. The summed E-state index contributed by atoms with van der Waals surface area (Å²) in [6, 6.07) is 12.5. The van der Waals surface area contributed by atoms with Crippen LogP contribution in [0.1, 0.15) is 105 Å². The second-order valence-corrected chi connectivity index (χ2v) is 20.5. The third-order valence-electron chi connectivity index (χ3n) is 12.0. The van der Waals surface area contributed by atoms with Crippen LogP contribution in [0.15, 0.2) is 52.4 Å². The van der Waals surface area contributed by atoms with Gasteiger partial charge in [0.2, 0.25) is 10.0 Å². The summed E-state index contributed by atoms with van der Waals surface area (Å²) in [6.07, 6.45) is 1.41. The molecular weight excluding hydrogens is 927 g/mol. The summed E-state index contributed by atoms with van der Waals surface area (Å²) in [4.78, 5) is 27.9. The summed E-state index contributed by atoms with van der Waals surface area (Å²) in [5.41, 5.74) is 3.45. The van der Waals surface area contributed by atoms with E-state index in [1.165, 1.54) is 6.07 Å². The Labute approximate surface area is 411 Å². The number of nitrogens with one attached hydrogen (secondary N) is 2. The highest BCUT2D eigenvalue weighted by molar-refractivity contribution is 7.89. The molecule has 18 nitrogen and oxygen atoms in total. The number of carboxylic acid groups (broad SMARTS) is 2. The Morgan fingerprint density at radius 2 is 1.21 bits per heavy atom. The van der Waals surface area contributed by atoms with Crippen LogP contribution in [0.3, 0.4) is 0 Å². The predicted octanol–water partition coefficient (Wildman–Crippen LogP) is 2.56. The number of benzene rings is 3. The predicted molar refractivity (Wildman–Crippen MR) is 255 cm³/mol. The molecule has 0 fully saturated rings. The Bertz CT molecular complexity index is 2500. The van der Waals surface area contributed by atoms with E-state index in [1.54, 1.807) is 18.2 Å². The second kappa shape index (κ2) is 25.7. The van der Waals surface area contributed by atoms with Crippen LogP contribution in [0.25, 0.3) is 5.57 Å². The molecule has 2 N–H and O–H groups in total. The summed E-state index contributed by atoms with van der Waals surface area (Å²) in [7, 11) is -4.32. The van der Waals surface area contributed by atoms with Crippen molar-refractivity contribution in [1.29, 1.82) is 0 Å². The largest absolute Gasteiger partial charge is 0.550 e. The summed E-state index contributed by atoms with van der Waals surface area (Å²) < 4.78 is 82.7. The number of ether oxygens (including phenoxy) is 9. The maximum absolute atomic E-state index is 14.7. The molecule has 0 aliphatic carbocycles. The Kier molecular flexibility index (Phi) is 20.1. The maximum Gasteiger partial charge on any atom is 0.246 e. The lowest BCUT2D eigenvalue weighted by atomic mass is 9.79. The van der Waals surface area contributed by atoms with Gasteiger partial charge in [0.25, 0.3) is 0 Å². The summed E-state index contributed by atoms with van der Waals surface area (Å²) in [5.74, 6) is -1.93. The van der Waals surface area contributed by atoms with Gasteiger partial charge in [-0.2, -0.15) is 0 Å². The number of nitrogens with zero attached hydrogens (tertiary/aromatic N) is 1. The standard InChI is InChI=1S/C51H71N3O15S/c1-34-32-50(3,4)53-42-31-43-40(29-38(34)42)45(36-9-7-8-10-37(36)49(57)58)41-30-39-35(2)33-51(5,6)54-46(39)48(47(41)69-43)70(59,60)52-12-14-62-16-18-64-20-22-66-24-26-68-28-27-67-25-23-65-21-19-63-17-15-61-13-11-44(55)56/h7-10,29-31,34-35,52-53H,11-28,32-33H2,1-6H3,(H,55,56)(H,57,58)/p-2. The molecule has 0 spiro atoms. The van der Waals surface area contributed by atoms with E-state index < -0.39 is 27.5 Å². The molecule has 3 aliphatic rings. The van der Waals surface area contributed by atoms with Crippen LogP contribution in [-0.2, 0) is 52.7 Å². The fourth-order valence-electron chi connectivity index (χ4n) is 9.11. The van der Waals surface area contributed by atoms with Crippen molar-refractivity contribution in [2.75, 3.05) is 118 Å². The van der Waals surface area contributed by atoms with E-state index in [9.17, 15) is 28.2 Å². The zero-order valence-corrected chi connectivity index (χ0v) is 42.1. The minimum atomic E-state index is -4.32. The molecule has 3 aromatic carbocycles. The number of sulfonamides is 1. The molecule has 0 amide bonds. The van der Waals surface area contributed by atoms with Gasteiger partial charge in [0.05, 0.1) is 123 Å². The number of hydrogen-bond donors (Lipinski definition) is 2. The van der Waals surface area contributed by atoms with Gasteiger partial charge in [0.1, 0.15) is 5.75 Å². The van der Waals surface area contributed by atoms with Crippen LogP contribution in [-0.4, -0.2) is 144 Å². The Hall–Kier alpha value is -4.54. The third kappa shape index (κ3) is 15.2. The van der Waals surface area contributed by atoms with Crippen molar-refractivity contribution >= 4 is 33.2 Å². The van der Waals surface area contributed by atoms with Crippen LogP contribution in [0.5, 0.6) is 11.5 Å². The molecule has 2 unspecified atom stereocenters. The second-order valence-electron chi connectivity index (χ2n) is 18.8. The lowest BCUT2D eigenvalue weighted by Crippen LogP contribution is -2.41. The van der Waals surface area contributed by atoms with E-state index in [0.29, 0.717) is 119 Å². The fraction of sp³-hybridized carbons (Fsp3) is 0.588. The molecule has 70 heavy (non-hydrogen) atoms.